The van der Waals surface area contributed by atoms with Crippen LogP contribution in [0, 0.1) is 0 Å². The van der Waals surface area contributed by atoms with Gasteiger partial charge in [0.1, 0.15) is 0 Å². The second kappa shape index (κ2) is 9.61. The lowest BCUT2D eigenvalue weighted by Crippen LogP contribution is -2.48. The molecule has 0 aromatic heterocycles. The number of piperazine rings is 1. The van der Waals surface area contributed by atoms with Crippen LogP contribution in [0.5, 0.6) is 0 Å². The third-order valence-electron chi connectivity index (χ3n) is 5.71. The van der Waals surface area contributed by atoms with Crippen molar-refractivity contribution in [2.24, 2.45) is 0 Å². The van der Waals surface area contributed by atoms with Crippen molar-refractivity contribution < 1.29 is 9.59 Å². The van der Waals surface area contributed by atoms with Crippen molar-refractivity contribution in [3.05, 3.63) is 78.4 Å². The molecule has 0 radical (unpaired) electrons. The number of carbonyl (C=O) groups is 2. The van der Waals surface area contributed by atoms with Gasteiger partial charge in [-0.25, -0.2) is 0 Å². The number of hydrogen-bond donors (Lipinski definition) is 1. The van der Waals surface area contributed by atoms with Crippen LogP contribution in [0.2, 0.25) is 0 Å². The van der Waals surface area contributed by atoms with E-state index in [-0.39, 0.29) is 17.2 Å². The van der Waals surface area contributed by atoms with Crippen LogP contribution in [0.25, 0.3) is 0 Å². The van der Waals surface area contributed by atoms with Crippen molar-refractivity contribution >= 4 is 17.5 Å². The number of anilines is 1. The van der Waals surface area contributed by atoms with E-state index in [1.165, 1.54) is 11.6 Å². The largest absolute Gasteiger partial charge is 0.368 e. The normalized spacial score (nSPS) is 14.3. The van der Waals surface area contributed by atoms with Crippen molar-refractivity contribution in [1.82, 2.24) is 10.2 Å². The Morgan fingerprint density at radius 2 is 1.63 bits per heavy atom. The second-order valence-corrected chi connectivity index (χ2v) is 8.39. The molecule has 2 aromatic carbocycles. The van der Waals surface area contributed by atoms with Crippen LogP contribution >= 0.6 is 0 Å². The third kappa shape index (κ3) is 5.50. The van der Waals surface area contributed by atoms with Crippen LogP contribution in [0.1, 0.15) is 31.4 Å². The molecule has 1 aliphatic heterocycles. The highest BCUT2D eigenvalue weighted by Crippen LogP contribution is 2.26. The van der Waals surface area contributed by atoms with E-state index in [1.807, 2.05) is 23.1 Å². The number of nitrogens with one attached hydrogen (secondary N) is 1. The maximum Gasteiger partial charge on any atom is 0.246 e. The van der Waals surface area contributed by atoms with Gasteiger partial charge in [-0.3, -0.25) is 9.59 Å². The average Bonchev–Trinajstić information content (AvgIpc) is 2.78. The highest BCUT2D eigenvalue weighted by Gasteiger charge is 2.24. The van der Waals surface area contributed by atoms with E-state index in [9.17, 15) is 9.59 Å². The zero-order valence-corrected chi connectivity index (χ0v) is 17.9. The van der Waals surface area contributed by atoms with Gasteiger partial charge in [-0.15, -0.1) is 0 Å². The Balaban J connectivity index is 1.48. The summed E-state index contributed by atoms with van der Waals surface area (Å²) in [4.78, 5) is 28.3. The minimum Gasteiger partial charge on any atom is -0.368 e. The Labute approximate surface area is 179 Å². The molecule has 1 aliphatic rings. The number of benzene rings is 2. The minimum atomic E-state index is -0.204. The molecule has 1 N–H and O–H groups in total. The van der Waals surface area contributed by atoms with Crippen LogP contribution in [0.15, 0.2) is 67.3 Å². The first-order valence-electron chi connectivity index (χ1n) is 10.5. The Bertz CT molecular complexity index is 867. The zero-order chi connectivity index (χ0) is 21.6. The summed E-state index contributed by atoms with van der Waals surface area (Å²) < 4.78 is 0. The van der Waals surface area contributed by atoms with Gasteiger partial charge in [0.05, 0.1) is 0 Å². The number of carbonyl (C=O) groups excluding carboxylic acids is 2. The predicted molar refractivity (Wildman–Crippen MR) is 121 cm³/mol. The fourth-order valence-corrected chi connectivity index (χ4v) is 3.79. The van der Waals surface area contributed by atoms with Crippen LogP contribution in [0.4, 0.5) is 5.69 Å². The Morgan fingerprint density at radius 3 is 2.23 bits per heavy atom. The van der Waals surface area contributed by atoms with E-state index >= 15 is 0 Å². The summed E-state index contributed by atoms with van der Waals surface area (Å²) in [6, 6.07) is 18.4. The van der Waals surface area contributed by atoms with Crippen molar-refractivity contribution in [3.63, 3.8) is 0 Å². The number of rotatable bonds is 7. The number of hydrogen-bond acceptors (Lipinski definition) is 3. The van der Waals surface area contributed by atoms with Crippen molar-refractivity contribution in [3.8, 4) is 0 Å². The first-order valence-corrected chi connectivity index (χ1v) is 10.5. The minimum absolute atomic E-state index is 0.00354. The van der Waals surface area contributed by atoms with Crippen LogP contribution in [-0.2, 0) is 21.5 Å². The Hall–Kier alpha value is -3.08. The van der Waals surface area contributed by atoms with E-state index in [1.54, 1.807) is 0 Å². The molecule has 0 unspecified atom stereocenters. The fourth-order valence-electron chi connectivity index (χ4n) is 3.79. The monoisotopic (exact) mass is 405 g/mol. The Morgan fingerprint density at radius 1 is 1.00 bits per heavy atom. The number of amides is 2. The second-order valence-electron chi connectivity index (χ2n) is 8.39. The average molecular weight is 406 g/mol. The quantitative estimate of drug-likeness (QED) is 0.718. The molecule has 1 fully saturated rings. The summed E-state index contributed by atoms with van der Waals surface area (Å²) in [6.07, 6.45) is 1.82. The summed E-state index contributed by atoms with van der Waals surface area (Å²) >= 11 is 0. The molecule has 0 atom stereocenters. The molecule has 0 aliphatic carbocycles. The molecule has 5 nitrogen and oxygen atoms in total. The molecular weight excluding hydrogens is 374 g/mol. The lowest BCUT2D eigenvalue weighted by Gasteiger charge is -2.35. The van der Waals surface area contributed by atoms with Gasteiger partial charge in [-0.2, -0.15) is 0 Å². The first kappa shape index (κ1) is 21.6. The van der Waals surface area contributed by atoms with Gasteiger partial charge in [-0.05, 0) is 34.8 Å². The van der Waals surface area contributed by atoms with Crippen LogP contribution in [0.3, 0.4) is 0 Å². The maximum atomic E-state index is 12.5. The molecule has 2 aromatic rings. The van der Waals surface area contributed by atoms with Gasteiger partial charge in [0.2, 0.25) is 11.8 Å². The molecular formula is C25H31N3O2. The SMILES string of the molecule is C=CC(=O)N1CCN(c2ccc(CNC(=O)CC(C)(C)c3ccccc3)cc2)CC1. The standard InChI is InChI=1S/C25H31N3O2/c1-4-24(30)28-16-14-27(15-17-28)22-12-10-20(11-13-22)19-26-23(29)18-25(2,3)21-8-6-5-7-9-21/h4-13H,1,14-19H2,2-3H3,(H,26,29). The molecule has 0 saturated carbocycles. The first-order chi connectivity index (χ1) is 14.4. The molecule has 2 amide bonds. The van der Waals surface area contributed by atoms with E-state index in [0.717, 1.165) is 24.3 Å². The molecule has 0 spiro atoms. The smallest absolute Gasteiger partial charge is 0.246 e. The Kier molecular flexibility index (Phi) is 6.93. The summed E-state index contributed by atoms with van der Waals surface area (Å²) in [7, 11) is 0. The topological polar surface area (TPSA) is 52.7 Å². The van der Waals surface area contributed by atoms with Gasteiger partial charge >= 0.3 is 0 Å². The summed E-state index contributed by atoms with van der Waals surface area (Å²) in [5.74, 6) is 0.0483. The van der Waals surface area contributed by atoms with E-state index in [0.29, 0.717) is 26.1 Å². The molecule has 0 bridgehead atoms. The fraction of sp³-hybridized carbons (Fsp3) is 0.360. The third-order valence-corrected chi connectivity index (χ3v) is 5.71. The summed E-state index contributed by atoms with van der Waals surface area (Å²) in [5.41, 5.74) is 3.18. The highest BCUT2D eigenvalue weighted by atomic mass is 16.2. The van der Waals surface area contributed by atoms with Crippen LogP contribution < -0.4 is 10.2 Å². The predicted octanol–water partition coefficient (Wildman–Crippen LogP) is 3.51. The molecule has 5 heteroatoms. The highest BCUT2D eigenvalue weighted by molar-refractivity contribution is 5.87. The molecule has 158 valence electrons. The van der Waals surface area contributed by atoms with Gasteiger partial charge in [0.15, 0.2) is 0 Å². The number of nitrogens with zero attached hydrogens (tertiary/aromatic N) is 2. The maximum absolute atomic E-state index is 12.5. The van der Waals surface area contributed by atoms with Crippen LogP contribution in [-0.4, -0.2) is 42.9 Å². The van der Waals surface area contributed by atoms with Crippen molar-refractivity contribution in [1.29, 1.82) is 0 Å². The van der Waals surface area contributed by atoms with Crippen molar-refractivity contribution in [2.75, 3.05) is 31.1 Å². The van der Waals surface area contributed by atoms with Gasteiger partial charge in [-0.1, -0.05) is 62.9 Å². The lowest BCUT2D eigenvalue weighted by atomic mass is 9.81. The summed E-state index contributed by atoms with van der Waals surface area (Å²) in [6.45, 7) is 11.3. The van der Waals surface area contributed by atoms with Gasteiger partial charge < -0.3 is 15.1 Å². The molecule has 30 heavy (non-hydrogen) atoms. The zero-order valence-electron chi connectivity index (χ0n) is 17.9. The van der Waals surface area contributed by atoms with E-state index in [4.69, 9.17) is 0 Å². The molecule has 3 rings (SSSR count). The van der Waals surface area contributed by atoms with E-state index < -0.39 is 0 Å². The lowest BCUT2D eigenvalue weighted by molar-refractivity contribution is -0.126. The van der Waals surface area contributed by atoms with E-state index in [2.05, 4.69) is 67.0 Å². The molecule has 1 heterocycles. The summed E-state index contributed by atoms with van der Waals surface area (Å²) in [5, 5.41) is 3.04. The van der Waals surface area contributed by atoms with Gasteiger partial charge in [0, 0.05) is 44.8 Å². The van der Waals surface area contributed by atoms with Crippen molar-refractivity contribution in [2.45, 2.75) is 32.2 Å². The van der Waals surface area contributed by atoms with Gasteiger partial charge in [0.25, 0.3) is 0 Å². The molecule has 1 saturated heterocycles.